The van der Waals surface area contributed by atoms with E-state index in [0.29, 0.717) is 50.0 Å². The van der Waals surface area contributed by atoms with Crippen LogP contribution in [0.25, 0.3) is 11.3 Å². The Morgan fingerprint density at radius 1 is 1.33 bits per heavy atom. The minimum Gasteiger partial charge on any atom is -0.472 e. The molecular weight excluding hydrogens is 391 g/mol. The molecule has 9 heteroatoms. The lowest BCUT2D eigenvalue weighted by atomic mass is 9.97. The van der Waals surface area contributed by atoms with Gasteiger partial charge in [0, 0.05) is 37.7 Å². The highest BCUT2D eigenvalue weighted by Crippen LogP contribution is 2.29. The fourth-order valence-electron chi connectivity index (χ4n) is 3.86. The summed E-state index contributed by atoms with van der Waals surface area (Å²) < 4.78 is 27.4. The van der Waals surface area contributed by atoms with Gasteiger partial charge in [0.1, 0.15) is 18.0 Å². The fraction of sp³-hybridized carbons (Fsp3) is 0.476. The van der Waals surface area contributed by atoms with Crippen molar-refractivity contribution in [2.75, 3.05) is 26.3 Å². The third kappa shape index (κ3) is 4.39. The van der Waals surface area contributed by atoms with Crippen molar-refractivity contribution < 1.29 is 23.8 Å². The van der Waals surface area contributed by atoms with Gasteiger partial charge in [-0.2, -0.15) is 10.4 Å². The van der Waals surface area contributed by atoms with Crippen LogP contribution in [0.3, 0.4) is 0 Å². The molecule has 0 bridgehead atoms. The van der Waals surface area contributed by atoms with Gasteiger partial charge in [0.15, 0.2) is 0 Å². The molecule has 0 aliphatic carbocycles. The summed E-state index contributed by atoms with van der Waals surface area (Å²) >= 11 is 0. The Morgan fingerprint density at radius 3 is 2.77 bits per heavy atom. The molecule has 0 radical (unpaired) electrons. The van der Waals surface area contributed by atoms with Crippen LogP contribution in [0.15, 0.2) is 24.3 Å². The van der Waals surface area contributed by atoms with E-state index in [-0.39, 0.29) is 17.6 Å². The lowest BCUT2D eigenvalue weighted by molar-refractivity contribution is 0.115. The Kier molecular flexibility index (Phi) is 5.86. The second-order valence-corrected chi connectivity index (χ2v) is 7.67. The molecule has 2 saturated heterocycles. The van der Waals surface area contributed by atoms with E-state index in [9.17, 15) is 9.18 Å². The molecule has 1 unspecified atom stereocenters. The van der Waals surface area contributed by atoms with Crippen LogP contribution in [0.2, 0.25) is 0 Å². The van der Waals surface area contributed by atoms with Gasteiger partial charge in [-0.15, -0.1) is 0 Å². The van der Waals surface area contributed by atoms with E-state index in [0.717, 1.165) is 19.3 Å². The number of aromatic nitrogens is 2. The van der Waals surface area contributed by atoms with Gasteiger partial charge in [-0.05, 0) is 30.9 Å². The first-order valence-electron chi connectivity index (χ1n) is 10.0. The molecular formula is C21H23FN4O4. The first-order valence-corrected chi connectivity index (χ1v) is 10.0. The van der Waals surface area contributed by atoms with E-state index in [1.54, 1.807) is 16.8 Å². The number of nitriles is 1. The number of likely N-dealkylation sites (tertiary alicyclic amines) is 1. The van der Waals surface area contributed by atoms with Crippen molar-refractivity contribution in [2.45, 2.75) is 31.9 Å². The number of amides is 1. The lowest BCUT2D eigenvalue weighted by Gasteiger charge is -2.30. The molecule has 1 aromatic carbocycles. The lowest BCUT2D eigenvalue weighted by Crippen LogP contribution is -2.38. The molecule has 8 nitrogen and oxygen atoms in total. The zero-order valence-electron chi connectivity index (χ0n) is 16.5. The monoisotopic (exact) mass is 414 g/mol. The van der Waals surface area contributed by atoms with Gasteiger partial charge in [-0.3, -0.25) is 0 Å². The largest absolute Gasteiger partial charge is 0.472 e. The molecule has 2 fully saturated rings. The predicted molar refractivity (Wildman–Crippen MR) is 105 cm³/mol. The van der Waals surface area contributed by atoms with Crippen molar-refractivity contribution in [3.8, 4) is 23.2 Å². The van der Waals surface area contributed by atoms with Crippen LogP contribution < -0.4 is 4.74 Å². The Bertz CT molecular complexity index is 956. The van der Waals surface area contributed by atoms with Crippen LogP contribution in [0, 0.1) is 23.1 Å². The maximum absolute atomic E-state index is 14.1. The molecule has 1 atom stereocenters. The van der Waals surface area contributed by atoms with E-state index < -0.39 is 11.9 Å². The highest BCUT2D eigenvalue weighted by Gasteiger charge is 2.26. The van der Waals surface area contributed by atoms with Gasteiger partial charge in [-0.25, -0.2) is 13.9 Å². The number of benzene rings is 1. The molecule has 158 valence electrons. The van der Waals surface area contributed by atoms with Crippen molar-refractivity contribution in [3.63, 3.8) is 0 Å². The number of nitrogens with zero attached hydrogens (tertiary/aromatic N) is 4. The molecule has 0 saturated carbocycles. The maximum atomic E-state index is 14.1. The molecule has 2 aliphatic rings. The van der Waals surface area contributed by atoms with E-state index in [2.05, 4.69) is 5.10 Å². The van der Waals surface area contributed by atoms with E-state index in [4.69, 9.17) is 19.8 Å². The Hall–Kier alpha value is -3.12. The van der Waals surface area contributed by atoms with E-state index in [1.165, 1.54) is 17.0 Å². The van der Waals surface area contributed by atoms with Crippen molar-refractivity contribution in [1.29, 1.82) is 5.26 Å². The van der Waals surface area contributed by atoms with E-state index in [1.807, 2.05) is 6.07 Å². The molecule has 2 aliphatic heterocycles. The average molecular weight is 414 g/mol. The number of carboxylic acid groups (broad SMARTS) is 1. The first-order chi connectivity index (χ1) is 14.5. The second kappa shape index (κ2) is 8.71. The fourth-order valence-corrected chi connectivity index (χ4v) is 3.86. The minimum absolute atomic E-state index is 0.0112. The number of ether oxygens (including phenoxy) is 2. The van der Waals surface area contributed by atoms with Crippen LogP contribution in [0.4, 0.5) is 9.18 Å². The molecule has 2 aromatic rings. The topological polar surface area (TPSA) is 101 Å². The summed E-state index contributed by atoms with van der Waals surface area (Å²) in [5.41, 5.74) is 1.12. The van der Waals surface area contributed by atoms with Crippen LogP contribution in [0.1, 0.15) is 24.8 Å². The number of hydrogen-bond acceptors (Lipinski definition) is 5. The highest BCUT2D eigenvalue weighted by molar-refractivity contribution is 5.65. The first kappa shape index (κ1) is 20.2. The average Bonchev–Trinajstić information content (AvgIpc) is 3.39. The molecule has 1 amide bonds. The normalized spacial score (nSPS) is 19.6. The SMILES string of the molecule is N#Cc1ccc(-c2cc(OC3CCOC3)n(CC3CCN(C(=O)O)CC3)n2)cc1F. The summed E-state index contributed by atoms with van der Waals surface area (Å²) in [5, 5.41) is 22.7. The number of piperidine rings is 1. The maximum Gasteiger partial charge on any atom is 0.407 e. The second-order valence-electron chi connectivity index (χ2n) is 7.67. The Labute approximate surface area is 173 Å². The number of hydrogen-bond donors (Lipinski definition) is 1. The van der Waals surface area contributed by atoms with Gasteiger partial charge in [-0.1, -0.05) is 6.07 Å². The Balaban J connectivity index is 1.55. The quantitative estimate of drug-likeness (QED) is 0.807. The molecule has 30 heavy (non-hydrogen) atoms. The van der Waals surface area contributed by atoms with E-state index >= 15 is 0 Å². The van der Waals surface area contributed by atoms with Gasteiger partial charge in [0.05, 0.1) is 24.5 Å². The van der Waals surface area contributed by atoms with Crippen LogP contribution in [0.5, 0.6) is 5.88 Å². The molecule has 1 N–H and O–H groups in total. The molecule has 0 spiro atoms. The third-order valence-electron chi connectivity index (χ3n) is 5.62. The summed E-state index contributed by atoms with van der Waals surface area (Å²) in [7, 11) is 0. The molecule has 1 aromatic heterocycles. The molecule has 4 rings (SSSR count). The summed E-state index contributed by atoms with van der Waals surface area (Å²) in [6.45, 7) is 2.77. The summed E-state index contributed by atoms with van der Waals surface area (Å²) in [5.74, 6) is 0.274. The smallest absolute Gasteiger partial charge is 0.407 e. The van der Waals surface area contributed by atoms with Gasteiger partial charge >= 0.3 is 6.09 Å². The standard InChI is InChI=1S/C21H23FN4O4/c22-18-9-15(1-2-16(18)11-23)19-10-20(30-17-5-8-29-13-17)26(24-19)12-14-3-6-25(7-4-14)21(27)28/h1-2,9-10,14,17H,3-8,12-13H2,(H,27,28). The van der Waals surface area contributed by atoms with Crippen LogP contribution in [-0.2, 0) is 11.3 Å². The summed E-state index contributed by atoms with van der Waals surface area (Å²) in [4.78, 5) is 12.6. The predicted octanol–water partition coefficient (Wildman–Crippen LogP) is 3.12. The van der Waals surface area contributed by atoms with Crippen molar-refractivity contribution >= 4 is 6.09 Å². The van der Waals surface area contributed by atoms with Gasteiger partial charge in [0.25, 0.3) is 0 Å². The zero-order chi connectivity index (χ0) is 21.1. The Morgan fingerprint density at radius 2 is 2.13 bits per heavy atom. The van der Waals surface area contributed by atoms with Gasteiger partial charge < -0.3 is 19.5 Å². The minimum atomic E-state index is -0.886. The summed E-state index contributed by atoms with van der Waals surface area (Å²) in [6, 6.07) is 8.02. The van der Waals surface area contributed by atoms with Gasteiger partial charge in [0.2, 0.25) is 5.88 Å². The number of halogens is 1. The number of carbonyl (C=O) groups is 1. The van der Waals surface area contributed by atoms with Crippen LogP contribution >= 0.6 is 0 Å². The third-order valence-corrected chi connectivity index (χ3v) is 5.62. The summed E-state index contributed by atoms with van der Waals surface area (Å²) in [6.07, 6.45) is 1.35. The van der Waals surface area contributed by atoms with Crippen LogP contribution in [-0.4, -0.2) is 58.3 Å². The molecule has 3 heterocycles. The zero-order valence-corrected chi connectivity index (χ0v) is 16.5. The van der Waals surface area contributed by atoms with Crippen molar-refractivity contribution in [3.05, 3.63) is 35.6 Å². The van der Waals surface area contributed by atoms with Crippen molar-refractivity contribution in [2.24, 2.45) is 5.92 Å². The highest BCUT2D eigenvalue weighted by atomic mass is 19.1. The van der Waals surface area contributed by atoms with Crippen molar-refractivity contribution in [1.82, 2.24) is 14.7 Å². The number of rotatable bonds is 5.